The molecule has 10 atom stereocenters. The Hall–Kier alpha value is -2.25. The van der Waals surface area contributed by atoms with Crippen LogP contribution in [0.2, 0.25) is 0 Å². The van der Waals surface area contributed by atoms with Gasteiger partial charge in [-0.2, -0.15) is 0 Å². The predicted octanol–water partition coefficient (Wildman–Crippen LogP) is 4.21. The Kier molecular flexibility index (Phi) is 5.97. The van der Waals surface area contributed by atoms with Crippen LogP contribution in [0.5, 0.6) is 0 Å². The Morgan fingerprint density at radius 1 is 1.05 bits per heavy atom. The lowest BCUT2D eigenvalue weighted by Crippen LogP contribution is -2.79. The number of carbonyl (C=O) groups is 3. The number of esters is 2. The van der Waals surface area contributed by atoms with Crippen molar-refractivity contribution in [3.05, 3.63) is 35.9 Å². The van der Waals surface area contributed by atoms with Gasteiger partial charge in [0, 0.05) is 37.2 Å². The molecule has 0 aliphatic heterocycles. The van der Waals surface area contributed by atoms with Crippen molar-refractivity contribution in [1.29, 1.82) is 0 Å². The van der Waals surface area contributed by atoms with Crippen molar-refractivity contribution in [2.75, 3.05) is 7.11 Å². The van der Waals surface area contributed by atoms with Crippen molar-refractivity contribution in [2.24, 2.45) is 39.9 Å². The van der Waals surface area contributed by atoms with Crippen LogP contribution in [0.3, 0.4) is 0 Å². The van der Waals surface area contributed by atoms with Crippen molar-refractivity contribution in [2.45, 2.75) is 84.7 Å². The fraction of sp³-hybridized carbons (Fsp3) is 0.700. The van der Waals surface area contributed by atoms with Gasteiger partial charge in [0.1, 0.15) is 6.10 Å². The zero-order valence-electron chi connectivity index (χ0n) is 22.9. The summed E-state index contributed by atoms with van der Waals surface area (Å²) in [6.45, 7) is 11.5. The molecule has 0 heterocycles. The SMILES string of the molecule is CO[C@H]1[C@H]2[C@@H](CC[C@]3(C)[C@@H](O)[C@@H]4[C@H](OC(C)=O)[C@@H](C)C[C@@]4(OC(=O)c4ccccc4)C(=O)[C@]23C)C1(C)C. The van der Waals surface area contributed by atoms with Crippen LogP contribution in [-0.4, -0.2) is 53.9 Å². The summed E-state index contributed by atoms with van der Waals surface area (Å²) in [4.78, 5) is 40.7. The van der Waals surface area contributed by atoms with E-state index in [-0.39, 0.29) is 41.5 Å². The number of ketones is 1. The third-order valence-corrected chi connectivity index (χ3v) is 11.0. The number of ether oxygens (including phenoxy) is 3. The van der Waals surface area contributed by atoms with Crippen LogP contribution < -0.4 is 0 Å². The molecule has 4 aliphatic rings. The van der Waals surface area contributed by atoms with Gasteiger partial charge < -0.3 is 19.3 Å². The molecule has 0 amide bonds. The van der Waals surface area contributed by atoms with Crippen LogP contribution in [0.15, 0.2) is 30.3 Å². The smallest absolute Gasteiger partial charge is 0.339 e. The molecule has 202 valence electrons. The van der Waals surface area contributed by atoms with E-state index < -0.39 is 46.5 Å². The molecule has 0 bridgehead atoms. The number of carbonyl (C=O) groups excluding carboxylic acids is 3. The minimum atomic E-state index is -1.61. The fourth-order valence-electron chi connectivity index (χ4n) is 9.10. The summed E-state index contributed by atoms with van der Waals surface area (Å²) < 4.78 is 18.0. The summed E-state index contributed by atoms with van der Waals surface area (Å²) in [7, 11) is 1.68. The first-order valence-electron chi connectivity index (χ1n) is 13.5. The summed E-state index contributed by atoms with van der Waals surface area (Å²) in [6.07, 6.45) is -0.220. The van der Waals surface area contributed by atoms with E-state index in [4.69, 9.17) is 14.2 Å². The zero-order chi connectivity index (χ0) is 27.1. The van der Waals surface area contributed by atoms with Crippen molar-refractivity contribution >= 4 is 17.7 Å². The highest BCUT2D eigenvalue weighted by Gasteiger charge is 2.81. The Morgan fingerprint density at radius 2 is 1.70 bits per heavy atom. The van der Waals surface area contributed by atoms with Gasteiger partial charge in [0.2, 0.25) is 0 Å². The van der Waals surface area contributed by atoms with E-state index in [1.54, 1.807) is 37.4 Å². The van der Waals surface area contributed by atoms with Crippen molar-refractivity contribution in [1.82, 2.24) is 0 Å². The van der Waals surface area contributed by atoms with E-state index in [1.165, 1.54) is 6.92 Å². The average molecular weight is 513 g/mol. The van der Waals surface area contributed by atoms with Gasteiger partial charge in [0.25, 0.3) is 0 Å². The number of benzene rings is 1. The first kappa shape index (κ1) is 26.4. The maximum Gasteiger partial charge on any atom is 0.339 e. The Morgan fingerprint density at radius 3 is 2.30 bits per heavy atom. The molecule has 4 aliphatic carbocycles. The Balaban J connectivity index is 1.67. The number of Topliss-reactive ketones (excluding diaryl/α,β-unsaturated/α-hetero) is 1. The van der Waals surface area contributed by atoms with Crippen LogP contribution in [-0.2, 0) is 23.8 Å². The number of hydrogen-bond acceptors (Lipinski definition) is 7. The summed E-state index contributed by atoms with van der Waals surface area (Å²) in [5, 5.41) is 12.2. The van der Waals surface area contributed by atoms with Gasteiger partial charge in [-0.05, 0) is 42.2 Å². The zero-order valence-corrected chi connectivity index (χ0v) is 22.9. The molecule has 0 saturated heterocycles. The van der Waals surface area contributed by atoms with Crippen molar-refractivity contribution in [3.63, 3.8) is 0 Å². The number of hydrogen-bond donors (Lipinski definition) is 1. The average Bonchev–Trinajstić information content (AvgIpc) is 3.11. The van der Waals surface area contributed by atoms with Gasteiger partial charge in [0.05, 0.1) is 23.7 Å². The van der Waals surface area contributed by atoms with Gasteiger partial charge in [-0.1, -0.05) is 52.8 Å². The largest absolute Gasteiger partial charge is 0.462 e. The molecule has 37 heavy (non-hydrogen) atoms. The first-order chi connectivity index (χ1) is 17.3. The molecule has 0 aromatic heterocycles. The van der Waals surface area contributed by atoms with Crippen LogP contribution >= 0.6 is 0 Å². The standard InChI is InChI=1S/C30H40O7/c1-16-15-30(37-25(33)18-11-9-8-10-12-18)21(22(16)36-17(2)31)23(32)28(5)14-13-19-20(29(28,6)26(30)34)24(35-7)27(19,3)4/h8-12,16,19-24,32H,13-15H2,1-7H3/t16-,19+,20+,21-,22+,23-,24-,28+,29-,30-/m0/s1. The summed E-state index contributed by atoms with van der Waals surface area (Å²) >= 11 is 0. The molecule has 1 N–H and O–H groups in total. The highest BCUT2D eigenvalue weighted by atomic mass is 16.6. The minimum absolute atomic E-state index is 0.108. The summed E-state index contributed by atoms with van der Waals surface area (Å²) in [6, 6.07) is 8.59. The Bertz CT molecular complexity index is 1110. The normalized spacial score (nSPS) is 45.6. The summed E-state index contributed by atoms with van der Waals surface area (Å²) in [5.41, 5.74) is -3.18. The predicted molar refractivity (Wildman–Crippen MR) is 135 cm³/mol. The molecular weight excluding hydrogens is 472 g/mol. The maximum absolute atomic E-state index is 15.1. The van der Waals surface area contributed by atoms with E-state index in [9.17, 15) is 14.7 Å². The van der Waals surface area contributed by atoms with Gasteiger partial charge in [-0.25, -0.2) is 4.79 Å². The number of aliphatic hydroxyl groups excluding tert-OH is 1. The first-order valence-corrected chi connectivity index (χ1v) is 13.5. The topological polar surface area (TPSA) is 99.1 Å². The second-order valence-electron chi connectivity index (χ2n) is 13.0. The van der Waals surface area contributed by atoms with Gasteiger partial charge in [-0.3, -0.25) is 9.59 Å². The number of aliphatic hydroxyl groups is 1. The van der Waals surface area contributed by atoms with Crippen molar-refractivity contribution in [3.8, 4) is 0 Å². The molecule has 1 aromatic carbocycles. The van der Waals surface area contributed by atoms with Crippen LogP contribution in [0.4, 0.5) is 0 Å². The lowest BCUT2D eigenvalue weighted by atomic mass is 9.32. The van der Waals surface area contributed by atoms with Crippen molar-refractivity contribution < 1.29 is 33.7 Å². The molecule has 7 nitrogen and oxygen atoms in total. The quantitative estimate of drug-likeness (QED) is 0.604. The highest BCUT2D eigenvalue weighted by molar-refractivity contribution is 6.00. The highest BCUT2D eigenvalue weighted by Crippen LogP contribution is 2.74. The molecule has 5 rings (SSSR count). The molecule has 1 aromatic rings. The van der Waals surface area contributed by atoms with Gasteiger partial charge in [0.15, 0.2) is 11.4 Å². The Labute approximate surface area is 219 Å². The van der Waals surface area contributed by atoms with Crippen LogP contribution in [0, 0.1) is 39.9 Å². The van der Waals surface area contributed by atoms with E-state index in [1.807, 2.05) is 20.8 Å². The lowest BCUT2D eigenvalue weighted by molar-refractivity contribution is -0.298. The number of rotatable bonds is 4. The number of fused-ring (bicyclic) bond motifs is 4. The van der Waals surface area contributed by atoms with Gasteiger partial charge >= 0.3 is 11.9 Å². The molecule has 0 unspecified atom stereocenters. The van der Waals surface area contributed by atoms with E-state index >= 15 is 4.79 Å². The molecule has 0 radical (unpaired) electrons. The molecule has 4 fully saturated rings. The summed E-state index contributed by atoms with van der Waals surface area (Å²) in [5.74, 6) is -2.28. The molecule has 4 saturated carbocycles. The fourth-order valence-corrected chi connectivity index (χ4v) is 9.10. The monoisotopic (exact) mass is 512 g/mol. The second-order valence-corrected chi connectivity index (χ2v) is 13.0. The van der Waals surface area contributed by atoms with Gasteiger partial charge in [-0.15, -0.1) is 0 Å². The number of methoxy groups -OCH3 is 1. The van der Waals surface area contributed by atoms with E-state index in [0.717, 1.165) is 6.42 Å². The van der Waals surface area contributed by atoms with Crippen LogP contribution in [0.1, 0.15) is 71.2 Å². The van der Waals surface area contributed by atoms with E-state index in [2.05, 4.69) is 13.8 Å². The second kappa shape index (κ2) is 8.37. The lowest BCUT2D eigenvalue weighted by Gasteiger charge is -2.73. The third-order valence-electron chi connectivity index (χ3n) is 11.0. The van der Waals surface area contributed by atoms with Crippen LogP contribution in [0.25, 0.3) is 0 Å². The van der Waals surface area contributed by atoms with E-state index in [0.29, 0.717) is 12.0 Å². The third kappa shape index (κ3) is 3.22. The molecule has 7 heteroatoms. The molecular formula is C30H40O7. The maximum atomic E-state index is 15.1. The molecule has 0 spiro atoms. The minimum Gasteiger partial charge on any atom is -0.462 e.